The van der Waals surface area contributed by atoms with Crippen LogP contribution in [0.3, 0.4) is 0 Å². The lowest BCUT2D eigenvalue weighted by molar-refractivity contribution is 1.07. The third-order valence-corrected chi connectivity index (χ3v) is 3.94. The molecule has 98 valence electrons. The standard InChI is InChI=1S/C18H16N2/c1-2-6-17-13(4-1)10-14-11-15(7-8-18(14)17)20-12-16-5-3-9-19-16/h1-9,11,19-20H,10,12H2. The molecule has 2 aromatic carbocycles. The Morgan fingerprint density at radius 1 is 0.900 bits per heavy atom. The minimum Gasteiger partial charge on any atom is -0.379 e. The number of hydrogen-bond donors (Lipinski definition) is 2. The van der Waals surface area contributed by atoms with Crippen LogP contribution in [0.1, 0.15) is 16.8 Å². The summed E-state index contributed by atoms with van der Waals surface area (Å²) >= 11 is 0. The second-order valence-electron chi connectivity index (χ2n) is 5.25. The van der Waals surface area contributed by atoms with E-state index in [1.165, 1.54) is 33.6 Å². The quantitative estimate of drug-likeness (QED) is 0.567. The normalized spacial score (nSPS) is 12.0. The van der Waals surface area contributed by atoms with E-state index >= 15 is 0 Å². The first-order valence-corrected chi connectivity index (χ1v) is 6.97. The largest absolute Gasteiger partial charge is 0.379 e. The number of hydrogen-bond acceptors (Lipinski definition) is 1. The van der Waals surface area contributed by atoms with E-state index in [1.807, 2.05) is 12.3 Å². The number of aromatic nitrogens is 1. The van der Waals surface area contributed by atoms with Crippen molar-refractivity contribution in [3.8, 4) is 11.1 Å². The van der Waals surface area contributed by atoms with Crippen molar-refractivity contribution >= 4 is 5.69 Å². The van der Waals surface area contributed by atoms with Gasteiger partial charge in [-0.15, -0.1) is 0 Å². The lowest BCUT2D eigenvalue weighted by Gasteiger charge is -2.08. The Morgan fingerprint density at radius 2 is 1.80 bits per heavy atom. The van der Waals surface area contributed by atoms with Crippen molar-refractivity contribution in [1.82, 2.24) is 4.98 Å². The highest BCUT2D eigenvalue weighted by Crippen LogP contribution is 2.37. The summed E-state index contributed by atoms with van der Waals surface area (Å²) in [6.07, 6.45) is 3.00. The van der Waals surface area contributed by atoms with Gasteiger partial charge >= 0.3 is 0 Å². The average Bonchev–Trinajstić information content (AvgIpc) is 3.12. The molecule has 1 aromatic heterocycles. The first kappa shape index (κ1) is 11.4. The maximum atomic E-state index is 3.47. The van der Waals surface area contributed by atoms with Crippen LogP contribution in [0.5, 0.6) is 0 Å². The minimum absolute atomic E-state index is 0.832. The van der Waals surface area contributed by atoms with Crippen molar-refractivity contribution in [3.63, 3.8) is 0 Å². The third-order valence-electron chi connectivity index (χ3n) is 3.94. The van der Waals surface area contributed by atoms with Crippen LogP contribution in [0, 0.1) is 0 Å². The molecule has 0 bridgehead atoms. The zero-order valence-electron chi connectivity index (χ0n) is 11.2. The van der Waals surface area contributed by atoms with Gasteiger partial charge in [-0.05, 0) is 52.9 Å². The molecule has 0 atom stereocenters. The van der Waals surface area contributed by atoms with Gasteiger partial charge in [0.1, 0.15) is 0 Å². The Bertz CT molecular complexity index is 742. The van der Waals surface area contributed by atoms with E-state index in [1.54, 1.807) is 0 Å². The maximum Gasteiger partial charge on any atom is 0.0551 e. The number of fused-ring (bicyclic) bond motifs is 3. The lowest BCUT2D eigenvalue weighted by Crippen LogP contribution is -1.99. The number of H-pyrrole nitrogens is 1. The Morgan fingerprint density at radius 3 is 2.70 bits per heavy atom. The second-order valence-corrected chi connectivity index (χ2v) is 5.25. The van der Waals surface area contributed by atoms with Crippen molar-refractivity contribution in [1.29, 1.82) is 0 Å². The fourth-order valence-corrected chi connectivity index (χ4v) is 2.93. The molecule has 0 saturated heterocycles. The first-order valence-electron chi connectivity index (χ1n) is 6.97. The van der Waals surface area contributed by atoms with Crippen LogP contribution in [-0.2, 0) is 13.0 Å². The Balaban J connectivity index is 1.59. The summed E-state index contributed by atoms with van der Waals surface area (Å²) in [6.45, 7) is 0.832. The van der Waals surface area contributed by atoms with Crippen LogP contribution in [0.4, 0.5) is 5.69 Å². The molecule has 1 heterocycles. The van der Waals surface area contributed by atoms with E-state index in [0.717, 1.165) is 13.0 Å². The second kappa shape index (κ2) is 4.57. The molecule has 3 aromatic rings. The van der Waals surface area contributed by atoms with Crippen LogP contribution < -0.4 is 5.32 Å². The molecule has 0 radical (unpaired) electrons. The summed E-state index contributed by atoms with van der Waals surface area (Å²) < 4.78 is 0. The van der Waals surface area contributed by atoms with Crippen molar-refractivity contribution in [2.45, 2.75) is 13.0 Å². The van der Waals surface area contributed by atoms with E-state index in [9.17, 15) is 0 Å². The summed E-state index contributed by atoms with van der Waals surface area (Å²) in [5.41, 5.74) is 8.01. The predicted octanol–water partition coefficient (Wildman–Crippen LogP) is 4.20. The van der Waals surface area contributed by atoms with Gasteiger partial charge in [0.2, 0.25) is 0 Å². The summed E-state index contributed by atoms with van der Waals surface area (Å²) in [5.74, 6) is 0. The van der Waals surface area contributed by atoms with Crippen LogP contribution in [0.2, 0.25) is 0 Å². The fourth-order valence-electron chi connectivity index (χ4n) is 2.93. The number of rotatable bonds is 3. The van der Waals surface area contributed by atoms with E-state index in [2.05, 4.69) is 58.8 Å². The molecule has 0 unspecified atom stereocenters. The zero-order valence-corrected chi connectivity index (χ0v) is 11.2. The number of aromatic amines is 1. The van der Waals surface area contributed by atoms with Crippen LogP contribution in [-0.4, -0.2) is 4.98 Å². The predicted molar refractivity (Wildman–Crippen MR) is 82.8 cm³/mol. The number of nitrogens with one attached hydrogen (secondary N) is 2. The highest BCUT2D eigenvalue weighted by Gasteiger charge is 2.17. The highest BCUT2D eigenvalue weighted by molar-refractivity contribution is 5.78. The van der Waals surface area contributed by atoms with Gasteiger partial charge in [-0.1, -0.05) is 30.3 Å². The van der Waals surface area contributed by atoms with E-state index in [-0.39, 0.29) is 0 Å². The Hall–Kier alpha value is -2.48. The SMILES string of the molecule is c1c[nH]c(CNc2ccc3c(c2)Cc2ccccc2-3)c1. The third kappa shape index (κ3) is 1.90. The molecule has 0 amide bonds. The smallest absolute Gasteiger partial charge is 0.0551 e. The van der Waals surface area contributed by atoms with Gasteiger partial charge in [-0.3, -0.25) is 0 Å². The van der Waals surface area contributed by atoms with Crippen molar-refractivity contribution in [3.05, 3.63) is 77.6 Å². The first-order chi connectivity index (χ1) is 9.90. The average molecular weight is 260 g/mol. The fraction of sp³-hybridized carbons (Fsp3) is 0.111. The van der Waals surface area contributed by atoms with Crippen molar-refractivity contribution < 1.29 is 0 Å². The Kier molecular flexibility index (Phi) is 2.59. The van der Waals surface area contributed by atoms with Gasteiger partial charge in [0, 0.05) is 17.6 Å². The Labute approximate surface area is 118 Å². The van der Waals surface area contributed by atoms with Gasteiger partial charge in [0.05, 0.1) is 6.54 Å². The van der Waals surface area contributed by atoms with Crippen molar-refractivity contribution in [2.75, 3.05) is 5.32 Å². The molecule has 0 spiro atoms. The number of anilines is 1. The van der Waals surface area contributed by atoms with Gasteiger partial charge in [0.15, 0.2) is 0 Å². The van der Waals surface area contributed by atoms with Gasteiger partial charge < -0.3 is 10.3 Å². The van der Waals surface area contributed by atoms with E-state index < -0.39 is 0 Å². The number of benzene rings is 2. The molecule has 2 heteroatoms. The molecular formula is C18H16N2. The molecule has 1 aliphatic carbocycles. The van der Waals surface area contributed by atoms with Crippen LogP contribution in [0.15, 0.2) is 60.8 Å². The minimum atomic E-state index is 0.832. The molecule has 20 heavy (non-hydrogen) atoms. The highest BCUT2D eigenvalue weighted by atomic mass is 14.9. The van der Waals surface area contributed by atoms with Crippen LogP contribution in [0.25, 0.3) is 11.1 Å². The molecule has 2 N–H and O–H groups in total. The van der Waals surface area contributed by atoms with Crippen LogP contribution >= 0.6 is 0 Å². The summed E-state index contributed by atoms with van der Waals surface area (Å²) in [7, 11) is 0. The van der Waals surface area contributed by atoms with E-state index in [0.29, 0.717) is 0 Å². The molecule has 0 saturated carbocycles. The monoisotopic (exact) mass is 260 g/mol. The lowest BCUT2D eigenvalue weighted by atomic mass is 10.1. The summed E-state index contributed by atoms with van der Waals surface area (Å²) in [4.78, 5) is 3.21. The molecule has 2 nitrogen and oxygen atoms in total. The maximum absolute atomic E-state index is 3.47. The topological polar surface area (TPSA) is 27.8 Å². The van der Waals surface area contributed by atoms with E-state index in [4.69, 9.17) is 0 Å². The van der Waals surface area contributed by atoms with Gasteiger partial charge in [0.25, 0.3) is 0 Å². The molecule has 0 fully saturated rings. The summed E-state index contributed by atoms with van der Waals surface area (Å²) in [6, 6.07) is 19.5. The molecular weight excluding hydrogens is 244 g/mol. The molecule has 1 aliphatic rings. The zero-order chi connectivity index (χ0) is 13.4. The van der Waals surface area contributed by atoms with Crippen molar-refractivity contribution in [2.24, 2.45) is 0 Å². The molecule has 0 aliphatic heterocycles. The summed E-state index contributed by atoms with van der Waals surface area (Å²) in [5, 5.41) is 3.47. The molecule has 4 rings (SSSR count). The van der Waals surface area contributed by atoms with Gasteiger partial charge in [-0.25, -0.2) is 0 Å². The van der Waals surface area contributed by atoms with Gasteiger partial charge in [-0.2, -0.15) is 0 Å².